The van der Waals surface area contributed by atoms with Crippen LogP contribution in [-0.4, -0.2) is 36.5 Å². The number of nitriles is 1. The Morgan fingerprint density at radius 3 is 2.56 bits per heavy atom. The van der Waals surface area contributed by atoms with Crippen molar-refractivity contribution < 1.29 is 22.7 Å². The molecule has 0 bridgehead atoms. The molecule has 0 fully saturated rings. The standard InChI is InChI=1S/C22H19ClN4O5S2/c1-3-31-19-11-15(6-9-18(19)32-13-14-4-7-17(23)8-5-14)10-16(12-24)20(28)25-21-26-22(27-33-21)34(2,29)30/h4-11H,3,13H2,1-2H3,(H,25,26,27,28)/b16-10-. The summed E-state index contributed by atoms with van der Waals surface area (Å²) in [6, 6.07) is 14.1. The molecule has 176 valence electrons. The van der Waals surface area contributed by atoms with E-state index in [1.54, 1.807) is 30.3 Å². The molecule has 1 amide bonds. The van der Waals surface area contributed by atoms with Gasteiger partial charge in [-0.25, -0.2) is 8.42 Å². The van der Waals surface area contributed by atoms with Gasteiger partial charge in [0.25, 0.3) is 11.1 Å². The molecule has 0 aliphatic rings. The molecular formula is C22H19ClN4O5S2. The highest BCUT2D eigenvalue weighted by Gasteiger charge is 2.18. The summed E-state index contributed by atoms with van der Waals surface area (Å²) in [5.41, 5.74) is 1.24. The number of sulfone groups is 1. The van der Waals surface area contributed by atoms with Gasteiger partial charge in [-0.3, -0.25) is 10.1 Å². The topological polar surface area (TPSA) is 131 Å². The first-order valence-electron chi connectivity index (χ1n) is 9.80. The minimum absolute atomic E-state index is 0.0347. The van der Waals surface area contributed by atoms with E-state index >= 15 is 0 Å². The van der Waals surface area contributed by atoms with E-state index in [0.29, 0.717) is 46.8 Å². The number of nitrogens with one attached hydrogen (secondary N) is 1. The number of amides is 1. The molecule has 34 heavy (non-hydrogen) atoms. The molecule has 3 rings (SSSR count). The van der Waals surface area contributed by atoms with E-state index in [4.69, 9.17) is 21.1 Å². The number of hydrogen-bond acceptors (Lipinski definition) is 9. The SMILES string of the molecule is CCOc1cc(/C=C(/C#N)C(=O)Nc2nc(S(C)(=O)=O)ns2)ccc1OCc1ccc(Cl)cc1. The van der Waals surface area contributed by atoms with E-state index in [9.17, 15) is 18.5 Å². The predicted molar refractivity (Wildman–Crippen MR) is 129 cm³/mol. The Morgan fingerprint density at radius 1 is 1.21 bits per heavy atom. The number of rotatable bonds is 9. The fraction of sp³-hybridized carbons (Fsp3) is 0.182. The second kappa shape index (κ2) is 11.1. The fourth-order valence-corrected chi connectivity index (χ4v) is 4.20. The summed E-state index contributed by atoms with van der Waals surface area (Å²) in [4.78, 5) is 16.2. The van der Waals surface area contributed by atoms with Gasteiger partial charge < -0.3 is 9.47 Å². The number of carbonyl (C=O) groups excluding carboxylic acids is 1. The van der Waals surface area contributed by atoms with Crippen LogP contribution >= 0.6 is 23.1 Å². The lowest BCUT2D eigenvalue weighted by atomic mass is 10.1. The summed E-state index contributed by atoms with van der Waals surface area (Å²) in [7, 11) is -3.61. The largest absolute Gasteiger partial charge is 0.490 e. The Balaban J connectivity index is 1.77. The number of nitrogens with zero attached hydrogens (tertiary/aromatic N) is 3. The lowest BCUT2D eigenvalue weighted by Crippen LogP contribution is -2.13. The molecule has 0 unspecified atom stereocenters. The molecule has 1 heterocycles. The van der Waals surface area contributed by atoms with Crippen LogP contribution in [0, 0.1) is 11.3 Å². The maximum Gasteiger partial charge on any atom is 0.268 e. The van der Waals surface area contributed by atoms with Crippen LogP contribution in [-0.2, 0) is 21.2 Å². The molecule has 2 aromatic carbocycles. The molecule has 0 atom stereocenters. The fourth-order valence-electron chi connectivity index (χ4n) is 2.63. The van der Waals surface area contributed by atoms with Crippen LogP contribution in [0.1, 0.15) is 18.1 Å². The van der Waals surface area contributed by atoms with Crippen LogP contribution in [0.2, 0.25) is 5.02 Å². The van der Waals surface area contributed by atoms with E-state index in [1.807, 2.05) is 25.1 Å². The molecule has 0 spiro atoms. The number of ether oxygens (including phenoxy) is 2. The molecule has 3 aromatic rings. The van der Waals surface area contributed by atoms with Crippen molar-refractivity contribution in [3.63, 3.8) is 0 Å². The molecule has 1 aromatic heterocycles. The van der Waals surface area contributed by atoms with E-state index < -0.39 is 20.9 Å². The molecule has 12 heteroatoms. The minimum atomic E-state index is -3.61. The van der Waals surface area contributed by atoms with Gasteiger partial charge in [0.15, 0.2) is 11.5 Å². The van der Waals surface area contributed by atoms with Gasteiger partial charge in [-0.2, -0.15) is 14.6 Å². The zero-order valence-electron chi connectivity index (χ0n) is 18.1. The van der Waals surface area contributed by atoms with E-state index in [-0.39, 0.29) is 10.7 Å². The summed E-state index contributed by atoms with van der Waals surface area (Å²) < 4.78 is 38.2. The van der Waals surface area contributed by atoms with E-state index in [1.165, 1.54) is 6.08 Å². The predicted octanol–water partition coefficient (Wildman–Crippen LogP) is 4.12. The average Bonchev–Trinajstić information content (AvgIpc) is 3.27. The quantitative estimate of drug-likeness (QED) is 0.330. The van der Waals surface area contributed by atoms with Crippen molar-refractivity contribution in [3.8, 4) is 17.6 Å². The molecule has 0 saturated heterocycles. The zero-order chi connectivity index (χ0) is 24.7. The molecular weight excluding hydrogens is 500 g/mol. The smallest absolute Gasteiger partial charge is 0.268 e. The number of aromatic nitrogens is 2. The first-order chi connectivity index (χ1) is 16.2. The number of hydrogen-bond donors (Lipinski definition) is 1. The maximum atomic E-state index is 12.5. The molecule has 0 saturated carbocycles. The van der Waals surface area contributed by atoms with Crippen LogP contribution < -0.4 is 14.8 Å². The number of carbonyl (C=O) groups is 1. The van der Waals surface area contributed by atoms with Crippen molar-refractivity contribution in [1.29, 1.82) is 5.26 Å². The number of anilines is 1. The zero-order valence-corrected chi connectivity index (χ0v) is 20.5. The highest BCUT2D eigenvalue weighted by Crippen LogP contribution is 2.30. The normalized spacial score (nSPS) is 11.5. The molecule has 0 radical (unpaired) electrons. The monoisotopic (exact) mass is 518 g/mol. The second-order valence-electron chi connectivity index (χ2n) is 6.83. The Kier molecular flexibility index (Phi) is 8.22. The van der Waals surface area contributed by atoms with Crippen LogP contribution in [0.3, 0.4) is 0 Å². The van der Waals surface area contributed by atoms with Gasteiger partial charge in [-0.1, -0.05) is 29.8 Å². The van der Waals surface area contributed by atoms with E-state index in [0.717, 1.165) is 11.8 Å². The second-order valence-corrected chi connectivity index (χ2v) is 9.93. The molecule has 0 aliphatic carbocycles. The van der Waals surface area contributed by atoms with Crippen molar-refractivity contribution >= 4 is 50.1 Å². The number of halogens is 1. The highest BCUT2D eigenvalue weighted by molar-refractivity contribution is 7.90. The van der Waals surface area contributed by atoms with Gasteiger partial charge in [0.1, 0.15) is 18.2 Å². The van der Waals surface area contributed by atoms with Crippen LogP contribution in [0.4, 0.5) is 5.13 Å². The third-order valence-electron chi connectivity index (χ3n) is 4.21. The van der Waals surface area contributed by atoms with Crippen LogP contribution in [0.5, 0.6) is 11.5 Å². The van der Waals surface area contributed by atoms with Crippen LogP contribution in [0.25, 0.3) is 6.08 Å². The van der Waals surface area contributed by atoms with Gasteiger partial charge >= 0.3 is 0 Å². The van der Waals surface area contributed by atoms with Crippen molar-refractivity contribution in [3.05, 3.63) is 64.2 Å². The Morgan fingerprint density at radius 2 is 1.94 bits per heavy atom. The lowest BCUT2D eigenvalue weighted by molar-refractivity contribution is -0.112. The van der Waals surface area contributed by atoms with Crippen molar-refractivity contribution in [1.82, 2.24) is 9.36 Å². The van der Waals surface area contributed by atoms with Crippen molar-refractivity contribution in [2.24, 2.45) is 0 Å². The maximum absolute atomic E-state index is 12.5. The summed E-state index contributed by atoms with van der Waals surface area (Å²) >= 11 is 6.61. The van der Waals surface area contributed by atoms with Gasteiger partial charge in [0.05, 0.1) is 6.61 Å². The third kappa shape index (κ3) is 6.77. The summed E-state index contributed by atoms with van der Waals surface area (Å²) in [5.74, 6) is 0.198. The number of benzene rings is 2. The van der Waals surface area contributed by atoms with Crippen molar-refractivity contribution in [2.75, 3.05) is 18.2 Å². The molecule has 9 nitrogen and oxygen atoms in total. The van der Waals surface area contributed by atoms with Crippen molar-refractivity contribution in [2.45, 2.75) is 18.7 Å². The highest BCUT2D eigenvalue weighted by atomic mass is 35.5. The molecule has 1 N–H and O–H groups in total. The average molecular weight is 519 g/mol. The summed E-state index contributed by atoms with van der Waals surface area (Å²) in [5, 5.41) is 12.0. The van der Waals surface area contributed by atoms with Gasteiger partial charge in [-0.15, -0.1) is 0 Å². The Labute approximate surface area is 205 Å². The Bertz CT molecular complexity index is 1360. The van der Waals surface area contributed by atoms with Gasteiger partial charge in [0.2, 0.25) is 15.0 Å². The van der Waals surface area contributed by atoms with Crippen LogP contribution in [0.15, 0.2) is 53.2 Å². The Hall–Kier alpha value is -3.46. The lowest BCUT2D eigenvalue weighted by Gasteiger charge is -2.13. The first-order valence-corrected chi connectivity index (χ1v) is 12.8. The summed E-state index contributed by atoms with van der Waals surface area (Å²) in [6.45, 7) is 2.51. The molecule has 0 aliphatic heterocycles. The third-order valence-corrected chi connectivity index (χ3v) is 6.05. The van der Waals surface area contributed by atoms with E-state index in [2.05, 4.69) is 14.7 Å². The van der Waals surface area contributed by atoms with Gasteiger partial charge in [0, 0.05) is 22.8 Å². The van der Waals surface area contributed by atoms with Gasteiger partial charge in [-0.05, 0) is 48.4 Å². The minimum Gasteiger partial charge on any atom is -0.490 e. The first kappa shape index (κ1) is 25.2. The summed E-state index contributed by atoms with van der Waals surface area (Å²) in [6.07, 6.45) is 2.33.